The first-order valence-electron chi connectivity index (χ1n) is 5.87. The van der Waals surface area contributed by atoms with Gasteiger partial charge in [-0.15, -0.1) is 11.3 Å². The molecule has 2 aromatic rings. The lowest BCUT2D eigenvalue weighted by molar-refractivity contribution is 0.0946. The molecule has 1 aromatic heterocycles. The second-order valence-electron chi connectivity index (χ2n) is 4.12. The topological polar surface area (TPSA) is 101 Å². The molecule has 7 heteroatoms. The number of rotatable bonds is 4. The first-order valence-corrected chi connectivity index (χ1v) is 6.75. The molecule has 4 N–H and O–H groups in total. The van der Waals surface area contributed by atoms with Gasteiger partial charge in [0.1, 0.15) is 5.69 Å². The molecular weight excluding hydrogens is 276 g/mol. The first-order chi connectivity index (χ1) is 9.60. The Balaban J connectivity index is 1.96. The van der Waals surface area contributed by atoms with E-state index in [-0.39, 0.29) is 11.7 Å². The van der Waals surface area contributed by atoms with Gasteiger partial charge in [-0.1, -0.05) is 29.4 Å². The van der Waals surface area contributed by atoms with E-state index in [0.717, 1.165) is 10.6 Å². The highest BCUT2D eigenvalue weighted by atomic mass is 32.1. The molecule has 1 amide bonds. The van der Waals surface area contributed by atoms with Crippen molar-refractivity contribution in [2.75, 3.05) is 0 Å². The van der Waals surface area contributed by atoms with Crippen molar-refractivity contribution < 1.29 is 10.0 Å². The second kappa shape index (κ2) is 6.16. The highest BCUT2D eigenvalue weighted by Crippen LogP contribution is 2.08. The maximum Gasteiger partial charge on any atom is 0.271 e. The van der Waals surface area contributed by atoms with Crippen molar-refractivity contribution in [1.82, 2.24) is 10.3 Å². The number of aryl methyl sites for hydroxylation is 1. The molecule has 0 radical (unpaired) electrons. The van der Waals surface area contributed by atoms with Gasteiger partial charge in [-0.05, 0) is 12.5 Å². The Morgan fingerprint density at radius 1 is 1.45 bits per heavy atom. The Morgan fingerprint density at radius 3 is 2.70 bits per heavy atom. The number of nitrogens with zero attached hydrogens (tertiary/aromatic N) is 2. The lowest BCUT2D eigenvalue weighted by Gasteiger charge is -2.05. The fourth-order valence-electron chi connectivity index (χ4n) is 1.59. The standard InChI is InChI=1S/C13H14N4O2S/c1-8-16-11(7-20-8)13(18)15-6-9-2-4-10(5-3-9)12(14)17-19/h2-5,7,19H,6H2,1H3,(H2,14,17)(H,15,18). The summed E-state index contributed by atoms with van der Waals surface area (Å²) in [5, 5.41) is 16.9. The minimum absolute atomic E-state index is 0.0542. The molecule has 0 unspecified atom stereocenters. The zero-order valence-corrected chi connectivity index (χ0v) is 11.6. The maximum atomic E-state index is 11.8. The molecule has 104 valence electrons. The largest absolute Gasteiger partial charge is 0.409 e. The molecule has 0 bridgehead atoms. The summed E-state index contributed by atoms with van der Waals surface area (Å²) in [7, 11) is 0. The van der Waals surface area contributed by atoms with Crippen molar-refractivity contribution in [2.45, 2.75) is 13.5 Å². The predicted molar refractivity (Wildman–Crippen MR) is 77.0 cm³/mol. The van der Waals surface area contributed by atoms with Gasteiger partial charge >= 0.3 is 0 Å². The summed E-state index contributed by atoms with van der Waals surface area (Å²) < 4.78 is 0. The second-order valence-corrected chi connectivity index (χ2v) is 5.18. The number of hydrogen-bond donors (Lipinski definition) is 3. The van der Waals surface area contributed by atoms with Crippen molar-refractivity contribution in [1.29, 1.82) is 0 Å². The van der Waals surface area contributed by atoms with Crippen LogP contribution >= 0.6 is 11.3 Å². The van der Waals surface area contributed by atoms with Crippen LogP contribution < -0.4 is 11.1 Å². The van der Waals surface area contributed by atoms with Gasteiger partial charge in [-0.3, -0.25) is 4.79 Å². The van der Waals surface area contributed by atoms with E-state index < -0.39 is 0 Å². The van der Waals surface area contributed by atoms with Crippen molar-refractivity contribution in [3.63, 3.8) is 0 Å². The van der Waals surface area contributed by atoms with Crippen LogP contribution in [0.15, 0.2) is 34.8 Å². The maximum absolute atomic E-state index is 11.8. The molecule has 1 aromatic carbocycles. The van der Waals surface area contributed by atoms with Crippen LogP contribution in [0.1, 0.15) is 26.6 Å². The van der Waals surface area contributed by atoms with Crippen LogP contribution in [0.25, 0.3) is 0 Å². The average Bonchev–Trinajstić information content (AvgIpc) is 2.91. The Kier molecular flexibility index (Phi) is 4.31. The van der Waals surface area contributed by atoms with Crippen LogP contribution in [0.5, 0.6) is 0 Å². The minimum atomic E-state index is -0.199. The number of nitrogens with two attached hydrogens (primary N) is 1. The van der Waals surface area contributed by atoms with Crippen LogP contribution in [-0.4, -0.2) is 21.9 Å². The molecule has 1 heterocycles. The van der Waals surface area contributed by atoms with Crippen LogP contribution in [0, 0.1) is 6.92 Å². The Bertz CT molecular complexity index is 634. The highest BCUT2D eigenvalue weighted by Gasteiger charge is 2.08. The van der Waals surface area contributed by atoms with E-state index in [4.69, 9.17) is 10.9 Å². The minimum Gasteiger partial charge on any atom is -0.409 e. The fourth-order valence-corrected chi connectivity index (χ4v) is 2.18. The van der Waals surface area contributed by atoms with Gasteiger partial charge in [0.2, 0.25) is 0 Å². The van der Waals surface area contributed by atoms with E-state index in [1.165, 1.54) is 11.3 Å². The number of nitrogens with one attached hydrogen (secondary N) is 1. The third kappa shape index (κ3) is 3.33. The summed E-state index contributed by atoms with van der Waals surface area (Å²) in [5.74, 6) is -0.145. The normalized spacial score (nSPS) is 11.3. The zero-order chi connectivity index (χ0) is 14.5. The van der Waals surface area contributed by atoms with Crippen molar-refractivity contribution in [2.24, 2.45) is 10.9 Å². The Labute approximate surface area is 120 Å². The number of amidine groups is 1. The lowest BCUT2D eigenvalue weighted by atomic mass is 10.1. The van der Waals surface area contributed by atoms with Crippen molar-refractivity contribution in [3.05, 3.63) is 51.5 Å². The monoisotopic (exact) mass is 290 g/mol. The predicted octanol–water partition coefficient (Wildman–Crippen LogP) is 1.48. The number of amides is 1. The average molecular weight is 290 g/mol. The smallest absolute Gasteiger partial charge is 0.271 e. The van der Waals surface area contributed by atoms with Crippen LogP contribution in [0.2, 0.25) is 0 Å². The number of hydrogen-bond acceptors (Lipinski definition) is 5. The molecule has 0 aliphatic carbocycles. The summed E-state index contributed by atoms with van der Waals surface area (Å²) in [5.41, 5.74) is 7.44. The van der Waals surface area contributed by atoms with Crippen LogP contribution in [0.4, 0.5) is 0 Å². The number of thiazole rings is 1. The van der Waals surface area contributed by atoms with Crippen molar-refractivity contribution >= 4 is 23.1 Å². The van der Waals surface area contributed by atoms with Crippen molar-refractivity contribution in [3.8, 4) is 0 Å². The summed E-state index contributed by atoms with van der Waals surface area (Å²) >= 11 is 1.44. The zero-order valence-electron chi connectivity index (χ0n) is 10.8. The van der Waals surface area contributed by atoms with Gasteiger partial charge in [-0.2, -0.15) is 0 Å². The number of benzene rings is 1. The van der Waals surface area contributed by atoms with Crippen LogP contribution in [-0.2, 0) is 6.54 Å². The quantitative estimate of drug-likeness (QED) is 0.343. The van der Waals surface area contributed by atoms with E-state index in [1.807, 2.05) is 6.92 Å². The summed E-state index contributed by atoms with van der Waals surface area (Å²) in [6, 6.07) is 7.06. The van der Waals surface area contributed by atoms with E-state index >= 15 is 0 Å². The van der Waals surface area contributed by atoms with E-state index in [9.17, 15) is 4.79 Å². The molecule has 2 rings (SSSR count). The molecule has 0 atom stereocenters. The molecule has 0 saturated carbocycles. The van der Waals surface area contributed by atoms with Gasteiger partial charge in [0.25, 0.3) is 5.91 Å². The molecular formula is C13H14N4O2S. The molecule has 0 aliphatic heterocycles. The fraction of sp³-hybridized carbons (Fsp3) is 0.154. The van der Waals surface area contributed by atoms with Gasteiger partial charge in [0.15, 0.2) is 5.84 Å². The van der Waals surface area contributed by atoms with Gasteiger partial charge < -0.3 is 16.3 Å². The molecule has 0 fully saturated rings. The summed E-state index contributed by atoms with van der Waals surface area (Å²) in [6.45, 7) is 2.25. The summed E-state index contributed by atoms with van der Waals surface area (Å²) in [4.78, 5) is 15.9. The number of carbonyl (C=O) groups is 1. The number of oxime groups is 1. The molecule has 0 spiro atoms. The third-order valence-corrected chi connectivity index (χ3v) is 3.44. The third-order valence-electron chi connectivity index (χ3n) is 2.66. The van der Waals surface area contributed by atoms with E-state index in [1.54, 1.807) is 29.6 Å². The van der Waals surface area contributed by atoms with Gasteiger partial charge in [0.05, 0.1) is 5.01 Å². The van der Waals surface area contributed by atoms with E-state index in [0.29, 0.717) is 17.8 Å². The first kappa shape index (κ1) is 14.0. The lowest BCUT2D eigenvalue weighted by Crippen LogP contribution is -2.23. The summed E-state index contributed by atoms with van der Waals surface area (Å²) in [6.07, 6.45) is 0. The molecule has 20 heavy (non-hydrogen) atoms. The highest BCUT2D eigenvalue weighted by molar-refractivity contribution is 7.09. The van der Waals surface area contributed by atoms with Gasteiger partial charge in [-0.25, -0.2) is 4.98 Å². The van der Waals surface area contributed by atoms with E-state index in [2.05, 4.69) is 15.5 Å². The van der Waals surface area contributed by atoms with Crippen LogP contribution in [0.3, 0.4) is 0 Å². The molecule has 0 saturated heterocycles. The molecule has 0 aliphatic rings. The van der Waals surface area contributed by atoms with Gasteiger partial charge in [0, 0.05) is 17.5 Å². The number of aromatic nitrogens is 1. The Hall–Kier alpha value is -2.41. The number of carbonyl (C=O) groups excluding carboxylic acids is 1. The SMILES string of the molecule is Cc1nc(C(=O)NCc2ccc(C(N)=NO)cc2)cs1. The molecule has 6 nitrogen and oxygen atoms in total. The Morgan fingerprint density at radius 2 is 2.15 bits per heavy atom.